The number of amides is 1. The van der Waals surface area contributed by atoms with E-state index in [2.05, 4.69) is 5.32 Å². The Morgan fingerprint density at radius 3 is 2.48 bits per heavy atom. The van der Waals surface area contributed by atoms with Crippen LogP contribution in [0.1, 0.15) is 16.8 Å². The number of hydrogen-bond donors (Lipinski definition) is 1. The first kappa shape index (κ1) is 17.6. The first-order valence-electron chi connectivity index (χ1n) is 7.66. The van der Waals surface area contributed by atoms with Crippen molar-refractivity contribution < 1.29 is 17.9 Å². The molecule has 1 saturated heterocycles. The minimum atomic E-state index is -3.30. The van der Waals surface area contributed by atoms with Gasteiger partial charge in [-0.15, -0.1) is 0 Å². The number of halogens is 1. The van der Waals surface area contributed by atoms with Crippen LogP contribution in [0.5, 0.6) is 5.75 Å². The summed E-state index contributed by atoms with van der Waals surface area (Å²) >= 11 is 6.23. The predicted molar refractivity (Wildman–Crippen MR) is 98.1 cm³/mol. The number of sulfonamides is 1. The molecular weight excluding hydrogens is 364 g/mol. The zero-order valence-corrected chi connectivity index (χ0v) is 15.1. The molecular formula is C17H17ClN2O4S. The molecule has 0 atom stereocenters. The lowest BCUT2D eigenvalue weighted by Gasteiger charge is -2.19. The van der Waals surface area contributed by atoms with E-state index in [0.717, 1.165) is 0 Å². The van der Waals surface area contributed by atoms with Crippen LogP contribution in [0.4, 0.5) is 11.4 Å². The van der Waals surface area contributed by atoms with Gasteiger partial charge in [0, 0.05) is 17.8 Å². The summed E-state index contributed by atoms with van der Waals surface area (Å²) in [6.07, 6.45) is 0.578. The van der Waals surface area contributed by atoms with Gasteiger partial charge in [-0.25, -0.2) is 8.42 Å². The van der Waals surface area contributed by atoms with Crippen LogP contribution in [0.2, 0.25) is 5.02 Å². The highest BCUT2D eigenvalue weighted by Crippen LogP contribution is 2.33. The Labute approximate surface area is 151 Å². The van der Waals surface area contributed by atoms with Crippen molar-refractivity contribution in [3.05, 3.63) is 53.1 Å². The Morgan fingerprint density at radius 1 is 1.20 bits per heavy atom. The lowest BCUT2D eigenvalue weighted by molar-refractivity contribution is 0.102. The average Bonchev–Trinajstić information content (AvgIpc) is 2.94. The molecule has 1 fully saturated rings. The largest absolute Gasteiger partial charge is 0.497 e. The van der Waals surface area contributed by atoms with E-state index in [1.807, 2.05) is 0 Å². The normalized spacial score (nSPS) is 15.8. The molecule has 6 nitrogen and oxygen atoms in total. The summed E-state index contributed by atoms with van der Waals surface area (Å²) in [6.45, 7) is 0.416. The van der Waals surface area contributed by atoms with E-state index in [1.54, 1.807) is 49.6 Å². The predicted octanol–water partition coefficient (Wildman–Crippen LogP) is 3.14. The Hall–Kier alpha value is -2.25. The number of nitrogens with zero attached hydrogens (tertiary/aromatic N) is 1. The molecule has 0 bridgehead atoms. The smallest absolute Gasteiger partial charge is 0.255 e. The van der Waals surface area contributed by atoms with E-state index < -0.39 is 10.0 Å². The quantitative estimate of drug-likeness (QED) is 0.884. The Morgan fingerprint density at radius 2 is 1.92 bits per heavy atom. The van der Waals surface area contributed by atoms with Gasteiger partial charge in [0.2, 0.25) is 10.0 Å². The first-order valence-corrected chi connectivity index (χ1v) is 9.65. The molecule has 1 heterocycles. The van der Waals surface area contributed by atoms with E-state index in [1.165, 1.54) is 4.31 Å². The fraction of sp³-hybridized carbons (Fsp3) is 0.235. The summed E-state index contributed by atoms with van der Waals surface area (Å²) in [5.74, 6) is 0.496. The summed E-state index contributed by atoms with van der Waals surface area (Å²) < 4.78 is 30.4. The Bertz CT molecular complexity index is 897. The number of hydrogen-bond acceptors (Lipinski definition) is 4. The van der Waals surface area contributed by atoms with Crippen LogP contribution in [0.15, 0.2) is 42.5 Å². The molecule has 0 saturated carbocycles. The van der Waals surface area contributed by atoms with Crippen molar-refractivity contribution >= 4 is 38.9 Å². The highest BCUT2D eigenvalue weighted by molar-refractivity contribution is 7.93. The summed E-state index contributed by atoms with van der Waals surface area (Å²) in [6, 6.07) is 11.5. The molecule has 3 rings (SSSR count). The number of benzene rings is 2. The zero-order valence-electron chi connectivity index (χ0n) is 13.5. The van der Waals surface area contributed by atoms with Crippen LogP contribution in [0, 0.1) is 0 Å². The molecule has 2 aromatic rings. The number of rotatable bonds is 4. The summed E-state index contributed by atoms with van der Waals surface area (Å²) in [7, 11) is -1.74. The number of ether oxygens (including phenoxy) is 1. The number of carbonyl (C=O) groups excluding carboxylic acids is 1. The van der Waals surface area contributed by atoms with E-state index in [9.17, 15) is 13.2 Å². The molecule has 0 aromatic heterocycles. The number of anilines is 2. The molecule has 0 spiro atoms. The summed E-state index contributed by atoms with van der Waals surface area (Å²) in [4.78, 5) is 12.3. The van der Waals surface area contributed by atoms with E-state index in [4.69, 9.17) is 16.3 Å². The molecule has 0 radical (unpaired) electrons. The lowest BCUT2D eigenvalue weighted by atomic mass is 10.2. The van der Waals surface area contributed by atoms with Crippen molar-refractivity contribution in [3.8, 4) is 5.75 Å². The molecule has 8 heteroatoms. The Kier molecular flexibility index (Phi) is 4.87. The van der Waals surface area contributed by atoms with E-state index in [-0.39, 0.29) is 16.7 Å². The summed E-state index contributed by atoms with van der Waals surface area (Å²) in [5.41, 5.74) is 1.40. The van der Waals surface area contributed by atoms with Crippen LogP contribution < -0.4 is 14.4 Å². The van der Waals surface area contributed by atoms with Gasteiger partial charge in [-0.05, 0) is 48.9 Å². The zero-order chi connectivity index (χ0) is 18.0. The van der Waals surface area contributed by atoms with Gasteiger partial charge in [-0.1, -0.05) is 11.6 Å². The second-order valence-corrected chi connectivity index (χ2v) is 8.01. The molecule has 1 aliphatic heterocycles. The topological polar surface area (TPSA) is 75.7 Å². The monoisotopic (exact) mass is 380 g/mol. The van der Waals surface area contributed by atoms with Gasteiger partial charge >= 0.3 is 0 Å². The van der Waals surface area contributed by atoms with Gasteiger partial charge in [0.1, 0.15) is 5.75 Å². The standard InChI is InChI=1S/C17H17ClN2O4S/c1-24-14-6-3-12(4-7-14)17(21)19-13-5-8-16(15(18)11-13)20-9-2-10-25(20,22)23/h3-8,11H,2,9-10H2,1H3,(H,19,21). The van der Waals surface area contributed by atoms with Gasteiger partial charge in [-0.3, -0.25) is 9.10 Å². The van der Waals surface area contributed by atoms with Gasteiger partial charge in [0.05, 0.1) is 23.6 Å². The van der Waals surface area contributed by atoms with E-state index in [0.29, 0.717) is 35.7 Å². The fourth-order valence-corrected chi connectivity index (χ4v) is 4.56. The third-order valence-electron chi connectivity index (χ3n) is 3.93. The number of nitrogens with one attached hydrogen (secondary N) is 1. The van der Waals surface area contributed by atoms with Crippen molar-refractivity contribution in [2.75, 3.05) is 29.0 Å². The maximum Gasteiger partial charge on any atom is 0.255 e. The van der Waals surface area contributed by atoms with Crippen LogP contribution in [0.3, 0.4) is 0 Å². The minimum Gasteiger partial charge on any atom is -0.497 e. The first-order chi connectivity index (χ1) is 11.9. The third kappa shape index (κ3) is 3.72. The maximum atomic E-state index is 12.3. The second-order valence-electron chi connectivity index (χ2n) is 5.59. The van der Waals surface area contributed by atoms with Crippen LogP contribution in [0.25, 0.3) is 0 Å². The highest BCUT2D eigenvalue weighted by atomic mass is 35.5. The van der Waals surface area contributed by atoms with Gasteiger partial charge in [-0.2, -0.15) is 0 Å². The fourth-order valence-electron chi connectivity index (χ4n) is 2.64. The van der Waals surface area contributed by atoms with Crippen molar-refractivity contribution in [1.82, 2.24) is 0 Å². The van der Waals surface area contributed by atoms with Gasteiger partial charge in [0.25, 0.3) is 5.91 Å². The molecule has 2 aromatic carbocycles. The van der Waals surface area contributed by atoms with Gasteiger partial charge in [0.15, 0.2) is 0 Å². The van der Waals surface area contributed by atoms with Gasteiger partial charge < -0.3 is 10.1 Å². The van der Waals surface area contributed by atoms with Crippen LogP contribution in [-0.4, -0.2) is 33.7 Å². The van der Waals surface area contributed by atoms with Crippen molar-refractivity contribution in [2.24, 2.45) is 0 Å². The highest BCUT2D eigenvalue weighted by Gasteiger charge is 2.29. The molecule has 132 valence electrons. The van der Waals surface area contributed by atoms with Crippen molar-refractivity contribution in [3.63, 3.8) is 0 Å². The van der Waals surface area contributed by atoms with Crippen molar-refractivity contribution in [1.29, 1.82) is 0 Å². The Balaban J connectivity index is 1.77. The molecule has 25 heavy (non-hydrogen) atoms. The number of methoxy groups -OCH3 is 1. The minimum absolute atomic E-state index is 0.124. The van der Waals surface area contributed by atoms with E-state index >= 15 is 0 Å². The molecule has 0 unspecified atom stereocenters. The lowest BCUT2D eigenvalue weighted by Crippen LogP contribution is -2.25. The SMILES string of the molecule is COc1ccc(C(=O)Nc2ccc(N3CCCS3(=O)=O)c(Cl)c2)cc1. The van der Waals surface area contributed by atoms with Crippen LogP contribution >= 0.6 is 11.6 Å². The molecule has 1 amide bonds. The summed E-state index contributed by atoms with van der Waals surface area (Å²) in [5, 5.41) is 3.02. The average molecular weight is 381 g/mol. The maximum absolute atomic E-state index is 12.3. The molecule has 1 aliphatic rings. The van der Waals surface area contributed by atoms with Crippen molar-refractivity contribution in [2.45, 2.75) is 6.42 Å². The van der Waals surface area contributed by atoms with Crippen LogP contribution in [-0.2, 0) is 10.0 Å². The molecule has 1 N–H and O–H groups in total. The third-order valence-corrected chi connectivity index (χ3v) is 6.08. The second kappa shape index (κ2) is 6.93. The molecule has 0 aliphatic carbocycles. The number of carbonyl (C=O) groups is 1.